The number of halogens is 2. The Morgan fingerprint density at radius 2 is 2.14 bits per heavy atom. The largest absolute Gasteiger partial charge is 0.482 e. The van der Waals surface area contributed by atoms with E-state index in [1.165, 1.54) is 12.1 Å². The maximum Gasteiger partial charge on any atom is 0.262 e. The molecule has 0 bridgehead atoms. The summed E-state index contributed by atoms with van der Waals surface area (Å²) in [4.78, 5) is 11.7. The quantitative estimate of drug-likeness (QED) is 0.942. The average Bonchev–Trinajstić information content (AvgIpc) is 2.46. The van der Waals surface area contributed by atoms with Gasteiger partial charge < -0.3 is 10.1 Å². The second-order valence-electron chi connectivity index (χ2n) is 4.10. The minimum atomic E-state index is -0.481. The molecule has 0 heterocycles. The molecule has 2 rings (SSSR count). The minimum Gasteiger partial charge on any atom is -0.482 e. The van der Waals surface area contributed by atoms with Crippen LogP contribution >= 0.6 is 11.6 Å². The van der Waals surface area contributed by atoms with E-state index in [1.54, 1.807) is 24.3 Å². The Labute approximate surface area is 125 Å². The van der Waals surface area contributed by atoms with Gasteiger partial charge in [-0.15, -0.1) is 0 Å². The summed E-state index contributed by atoms with van der Waals surface area (Å²) in [7, 11) is 0. The molecule has 2 aromatic carbocycles. The molecule has 106 valence electrons. The molecule has 0 unspecified atom stereocenters. The van der Waals surface area contributed by atoms with Gasteiger partial charge in [-0.1, -0.05) is 17.7 Å². The molecule has 4 nitrogen and oxygen atoms in total. The van der Waals surface area contributed by atoms with Crippen LogP contribution in [0.4, 0.5) is 10.1 Å². The smallest absolute Gasteiger partial charge is 0.262 e. The van der Waals surface area contributed by atoms with E-state index in [0.717, 1.165) is 6.07 Å². The zero-order chi connectivity index (χ0) is 15.2. The predicted molar refractivity (Wildman–Crippen MR) is 76.7 cm³/mol. The highest BCUT2D eigenvalue weighted by molar-refractivity contribution is 6.32. The number of nitrogens with one attached hydrogen (secondary N) is 1. The number of hydrogen-bond donors (Lipinski definition) is 1. The summed E-state index contributed by atoms with van der Waals surface area (Å²) in [5, 5.41) is 11.4. The lowest BCUT2D eigenvalue weighted by Crippen LogP contribution is -2.20. The molecule has 2 aromatic rings. The molecule has 0 spiro atoms. The molecule has 0 radical (unpaired) electrons. The molecule has 0 fully saturated rings. The molecule has 6 heteroatoms. The normalized spacial score (nSPS) is 9.76. The fraction of sp³-hybridized carbons (Fsp3) is 0.0667. The number of nitriles is 1. The molecule has 0 aliphatic rings. The van der Waals surface area contributed by atoms with Gasteiger partial charge in [-0.05, 0) is 36.4 Å². The number of rotatable bonds is 4. The van der Waals surface area contributed by atoms with Crippen LogP contribution in [0.25, 0.3) is 0 Å². The number of benzene rings is 2. The standard InChI is InChI=1S/C15H10ClFN2O2/c16-13-7-11(17)4-5-14(13)21-9-15(20)19-12-3-1-2-10(6-12)8-18/h1-7H,9H2,(H,19,20). The lowest BCUT2D eigenvalue weighted by molar-refractivity contribution is -0.118. The van der Waals surface area contributed by atoms with E-state index >= 15 is 0 Å². The van der Waals surface area contributed by atoms with Gasteiger partial charge in [0.25, 0.3) is 5.91 Å². The van der Waals surface area contributed by atoms with Crippen molar-refractivity contribution in [2.45, 2.75) is 0 Å². The number of carbonyl (C=O) groups is 1. The fourth-order valence-electron chi connectivity index (χ4n) is 1.60. The van der Waals surface area contributed by atoms with E-state index in [4.69, 9.17) is 21.6 Å². The third kappa shape index (κ3) is 4.20. The van der Waals surface area contributed by atoms with Crippen LogP contribution in [0.1, 0.15) is 5.56 Å². The highest BCUT2D eigenvalue weighted by Crippen LogP contribution is 2.24. The van der Waals surface area contributed by atoms with Crippen molar-refractivity contribution in [3.8, 4) is 11.8 Å². The van der Waals surface area contributed by atoms with Crippen LogP contribution in [0.2, 0.25) is 5.02 Å². The molecule has 0 aliphatic heterocycles. The molecule has 0 aromatic heterocycles. The van der Waals surface area contributed by atoms with E-state index < -0.39 is 11.7 Å². The van der Waals surface area contributed by atoms with Crippen molar-refractivity contribution in [3.05, 3.63) is 58.9 Å². The van der Waals surface area contributed by atoms with Gasteiger partial charge in [-0.25, -0.2) is 4.39 Å². The first-order valence-electron chi connectivity index (χ1n) is 5.96. The summed E-state index contributed by atoms with van der Waals surface area (Å²) in [6, 6.07) is 12.1. The molecule has 1 amide bonds. The van der Waals surface area contributed by atoms with Crippen molar-refractivity contribution < 1.29 is 13.9 Å². The molecule has 0 atom stereocenters. The Bertz CT molecular complexity index is 713. The van der Waals surface area contributed by atoms with Gasteiger partial charge in [0.1, 0.15) is 11.6 Å². The van der Waals surface area contributed by atoms with Gasteiger partial charge >= 0.3 is 0 Å². The summed E-state index contributed by atoms with van der Waals surface area (Å²) in [5.41, 5.74) is 0.933. The monoisotopic (exact) mass is 304 g/mol. The van der Waals surface area contributed by atoms with Gasteiger partial charge in [-0.3, -0.25) is 4.79 Å². The summed E-state index contributed by atoms with van der Waals surface area (Å²) < 4.78 is 18.1. The Kier molecular flexibility index (Phi) is 4.75. The van der Waals surface area contributed by atoms with Gasteiger partial charge in [0, 0.05) is 5.69 Å². The maximum absolute atomic E-state index is 12.9. The second-order valence-corrected chi connectivity index (χ2v) is 4.51. The topological polar surface area (TPSA) is 62.1 Å². The summed E-state index contributed by atoms with van der Waals surface area (Å²) >= 11 is 5.78. The Morgan fingerprint density at radius 3 is 2.86 bits per heavy atom. The minimum absolute atomic E-state index is 0.0919. The molecule has 0 saturated carbocycles. The van der Waals surface area contributed by atoms with Crippen LogP contribution in [0.5, 0.6) is 5.75 Å². The van der Waals surface area contributed by atoms with Crippen LogP contribution in [0, 0.1) is 17.1 Å². The van der Waals surface area contributed by atoms with Crippen molar-refractivity contribution >= 4 is 23.2 Å². The third-order valence-electron chi connectivity index (χ3n) is 2.53. The summed E-state index contributed by atoms with van der Waals surface area (Å²) in [6.45, 7) is -0.276. The van der Waals surface area contributed by atoms with E-state index in [9.17, 15) is 9.18 Å². The lowest BCUT2D eigenvalue weighted by atomic mass is 10.2. The molecule has 1 N–H and O–H groups in total. The van der Waals surface area contributed by atoms with Gasteiger partial charge in [0.05, 0.1) is 16.7 Å². The van der Waals surface area contributed by atoms with Gasteiger partial charge in [0.15, 0.2) is 6.61 Å². The number of hydrogen-bond acceptors (Lipinski definition) is 3. The van der Waals surface area contributed by atoms with Crippen LogP contribution in [0.3, 0.4) is 0 Å². The highest BCUT2D eigenvalue weighted by atomic mass is 35.5. The lowest BCUT2D eigenvalue weighted by Gasteiger charge is -2.09. The van der Waals surface area contributed by atoms with Crippen molar-refractivity contribution in [1.82, 2.24) is 0 Å². The third-order valence-corrected chi connectivity index (χ3v) is 2.82. The Hall–Kier alpha value is -2.58. The highest BCUT2D eigenvalue weighted by Gasteiger charge is 2.07. The first-order chi connectivity index (χ1) is 10.1. The number of nitrogens with zero attached hydrogens (tertiary/aromatic N) is 1. The van der Waals surface area contributed by atoms with Crippen LogP contribution < -0.4 is 10.1 Å². The molecule has 0 aliphatic carbocycles. The van der Waals surface area contributed by atoms with Crippen LogP contribution in [0.15, 0.2) is 42.5 Å². The Balaban J connectivity index is 1.94. The average molecular weight is 305 g/mol. The van der Waals surface area contributed by atoms with E-state index in [2.05, 4.69) is 5.32 Å². The Morgan fingerprint density at radius 1 is 1.33 bits per heavy atom. The molecular formula is C15H10ClFN2O2. The first kappa shape index (κ1) is 14.8. The van der Waals surface area contributed by atoms with Crippen LogP contribution in [-0.4, -0.2) is 12.5 Å². The molecular weight excluding hydrogens is 295 g/mol. The van der Waals surface area contributed by atoms with Crippen LogP contribution in [-0.2, 0) is 4.79 Å². The zero-order valence-corrected chi connectivity index (χ0v) is 11.5. The number of anilines is 1. The van der Waals surface area contributed by atoms with Gasteiger partial charge in [-0.2, -0.15) is 5.26 Å². The van der Waals surface area contributed by atoms with E-state index in [0.29, 0.717) is 11.3 Å². The predicted octanol–water partition coefficient (Wildman–Crippen LogP) is 3.37. The SMILES string of the molecule is N#Cc1cccc(NC(=O)COc2ccc(F)cc2Cl)c1. The maximum atomic E-state index is 12.9. The summed E-state index contributed by atoms with van der Waals surface area (Å²) in [5.74, 6) is -0.672. The van der Waals surface area contributed by atoms with Crippen molar-refractivity contribution in [2.24, 2.45) is 0 Å². The zero-order valence-electron chi connectivity index (χ0n) is 10.8. The molecule has 0 saturated heterocycles. The van der Waals surface area contributed by atoms with E-state index in [1.807, 2.05) is 6.07 Å². The molecule has 21 heavy (non-hydrogen) atoms. The number of amides is 1. The summed E-state index contributed by atoms with van der Waals surface area (Å²) in [6.07, 6.45) is 0. The second kappa shape index (κ2) is 6.73. The number of carbonyl (C=O) groups excluding carboxylic acids is 1. The van der Waals surface area contributed by atoms with Gasteiger partial charge in [0.2, 0.25) is 0 Å². The van der Waals surface area contributed by atoms with E-state index in [-0.39, 0.29) is 17.4 Å². The first-order valence-corrected chi connectivity index (χ1v) is 6.34. The van der Waals surface area contributed by atoms with Crippen molar-refractivity contribution in [3.63, 3.8) is 0 Å². The van der Waals surface area contributed by atoms with Crippen molar-refractivity contribution in [2.75, 3.05) is 11.9 Å². The van der Waals surface area contributed by atoms with Crippen molar-refractivity contribution in [1.29, 1.82) is 5.26 Å². The number of ether oxygens (including phenoxy) is 1. The fourth-order valence-corrected chi connectivity index (χ4v) is 1.82.